The van der Waals surface area contributed by atoms with Crippen LogP contribution < -0.4 is 150 Å². The fourth-order valence-corrected chi connectivity index (χ4v) is 11.3. The summed E-state index contributed by atoms with van der Waals surface area (Å²) in [6.07, 6.45) is -0.755. The lowest BCUT2D eigenvalue weighted by atomic mass is 9.99. The van der Waals surface area contributed by atoms with Gasteiger partial charge in [-0.3, -0.25) is 92.5 Å². The SMILES string of the molecule is CC(C)[C@H](N)C(=O)N[C@@H](CCCN=C(N)N)C(=O)N[C@H](C(=O)N[C@@H](CCCN=C(N)N)C(=O)N[C@@H](CCCN=C(N)N)C(=O)N[C@@H](CCCN=C(N)N)C(=O)N[C@@H](CCCN=C(N)N)C(=O)N[C@@H](Cc1ccccc1)C(=O)N[C@@H](CCCN=C(N)N)C(=O)N[C@H](C(=O)N[C@@H](CCCN=C(N)N)C(=O)N[C@H](C(N)=O)C(C)C)C(C)C)C(C)C. The van der Waals surface area contributed by atoms with Crippen LogP contribution >= 0.6 is 0 Å². The molecule has 0 saturated heterocycles. The number of nitrogens with one attached hydrogen (secondary N) is 11. The summed E-state index contributed by atoms with van der Waals surface area (Å²) in [4.78, 5) is 200. The second kappa shape index (κ2) is 55.3. The minimum Gasteiger partial charge on any atom is -0.370 e. The lowest BCUT2D eigenvalue weighted by Crippen LogP contribution is -2.61. The minimum atomic E-state index is -1.58. The van der Waals surface area contributed by atoms with Crippen molar-refractivity contribution in [2.75, 3.05) is 45.8 Å². The van der Waals surface area contributed by atoms with Crippen LogP contribution in [0.1, 0.15) is 151 Å². The van der Waals surface area contributed by atoms with Crippen LogP contribution in [0.15, 0.2) is 65.3 Å². The molecule has 0 heterocycles. The summed E-state index contributed by atoms with van der Waals surface area (Å²) in [5.41, 5.74) is 90.8. The Balaban J connectivity index is 4.12. The molecule has 0 aliphatic rings. The molecule has 46 heteroatoms. The number of hydrogen-bond acceptors (Lipinski definition) is 20. The molecular weight excluding hydrogens is 1520 g/mol. The largest absolute Gasteiger partial charge is 0.370 e. The maximum atomic E-state index is 15.1. The van der Waals surface area contributed by atoms with Crippen molar-refractivity contribution in [1.82, 2.24) is 58.5 Å². The highest BCUT2D eigenvalue weighted by molar-refractivity contribution is 6.00. The van der Waals surface area contributed by atoms with Crippen molar-refractivity contribution in [3.63, 3.8) is 0 Å². The molecule has 0 radical (unpaired) electrons. The highest BCUT2D eigenvalue weighted by Gasteiger charge is 2.38. The van der Waals surface area contributed by atoms with E-state index in [1.165, 1.54) is 0 Å². The van der Waals surface area contributed by atoms with E-state index in [1.54, 1.807) is 85.7 Å². The first-order chi connectivity index (χ1) is 54.9. The van der Waals surface area contributed by atoms with E-state index in [-0.39, 0.29) is 190 Å². The molecule has 0 saturated carbocycles. The van der Waals surface area contributed by atoms with Gasteiger partial charge in [-0.2, -0.15) is 0 Å². The van der Waals surface area contributed by atoms with Crippen molar-refractivity contribution in [1.29, 1.82) is 0 Å². The fourth-order valence-electron chi connectivity index (χ4n) is 11.3. The Kier molecular flexibility index (Phi) is 48.5. The quantitative estimate of drug-likeness (QED) is 0.0164. The Morgan fingerprint density at radius 3 is 0.667 bits per heavy atom. The fraction of sp³-hybridized carbons (Fsp3) is 0.648. The average Bonchev–Trinajstić information content (AvgIpc) is 0.853. The van der Waals surface area contributed by atoms with Crippen LogP contribution in [0.4, 0.5) is 0 Å². The summed E-state index contributed by atoms with van der Waals surface area (Å²) in [5.74, 6) is -14.4. The number of primary amides is 1. The molecule has 0 bridgehead atoms. The van der Waals surface area contributed by atoms with Crippen molar-refractivity contribution < 1.29 is 57.5 Å². The summed E-state index contributed by atoms with van der Waals surface area (Å²) in [6.45, 7) is 13.0. The van der Waals surface area contributed by atoms with Crippen molar-refractivity contribution in [3.05, 3.63) is 35.9 Å². The molecule has 658 valence electrons. The summed E-state index contributed by atoms with van der Waals surface area (Å²) >= 11 is 0. The van der Waals surface area contributed by atoms with E-state index in [9.17, 15) is 38.4 Å². The van der Waals surface area contributed by atoms with E-state index in [1.807, 2.05) is 0 Å². The van der Waals surface area contributed by atoms with Crippen molar-refractivity contribution in [2.45, 2.75) is 224 Å². The molecule has 12 amide bonds. The van der Waals surface area contributed by atoms with Crippen LogP contribution in [-0.2, 0) is 64.0 Å². The summed E-state index contributed by atoms with van der Waals surface area (Å²) in [6, 6.07) is -8.33. The van der Waals surface area contributed by atoms with Gasteiger partial charge in [-0.25, -0.2) is 0 Å². The molecule has 43 N–H and O–H groups in total. The maximum Gasteiger partial charge on any atom is 0.243 e. The number of carbonyl (C=O) groups is 12. The van der Waals surface area contributed by atoms with Crippen LogP contribution in [0.5, 0.6) is 0 Å². The van der Waals surface area contributed by atoms with Gasteiger partial charge in [0, 0.05) is 52.2 Å². The Labute approximate surface area is 682 Å². The van der Waals surface area contributed by atoms with Crippen LogP contribution in [0.2, 0.25) is 0 Å². The molecule has 0 aliphatic carbocycles. The second-order valence-corrected chi connectivity index (χ2v) is 29.2. The molecule has 1 aromatic carbocycles. The molecule has 0 aromatic heterocycles. The van der Waals surface area contributed by atoms with Crippen molar-refractivity contribution in [3.8, 4) is 0 Å². The van der Waals surface area contributed by atoms with Gasteiger partial charge in [-0.05, 0) is 119 Å². The third-order valence-electron chi connectivity index (χ3n) is 17.7. The number of nitrogens with zero attached hydrogens (tertiary/aromatic N) is 7. The number of aliphatic imine (C=N–C) groups is 7. The number of hydrogen-bond donors (Lipinski definition) is 27. The third kappa shape index (κ3) is 43.7. The number of benzene rings is 1. The van der Waals surface area contributed by atoms with Gasteiger partial charge in [0.25, 0.3) is 0 Å². The first-order valence-electron chi connectivity index (χ1n) is 38.8. The lowest BCUT2D eigenvalue weighted by Gasteiger charge is -2.29. The zero-order chi connectivity index (χ0) is 88.6. The molecule has 12 atom stereocenters. The van der Waals surface area contributed by atoms with E-state index in [0.717, 1.165) is 0 Å². The van der Waals surface area contributed by atoms with Crippen molar-refractivity contribution >= 4 is 113 Å². The van der Waals surface area contributed by atoms with Gasteiger partial charge < -0.3 is 150 Å². The summed E-state index contributed by atoms with van der Waals surface area (Å²) in [7, 11) is 0. The Hall–Kier alpha value is -12.3. The van der Waals surface area contributed by atoms with Gasteiger partial charge in [0.15, 0.2) is 41.7 Å². The monoisotopic (exact) mass is 1650 g/mol. The standard InChI is InChI=1S/C71H132N34O12/c1-36(2)49(72)62(115)99-46(26-17-33-93-70(84)85)60(113)105-51(38(5)6)63(116)100-44(24-15-31-91-68(80)81)56(109)96-42(22-13-29-89-66(76)77)54(107)95-41(21-12-28-88-65(74)75)55(108)97-43(23-14-30-90-67(78)79)57(110)102-48(35-40-19-10-9-11-20-40)61(114)98-45(25-16-32-92-69(82)83)59(112)104-52(39(7)8)64(117)101-47(27-18-34-94-71(86)87)58(111)103-50(37(3)4)53(73)106/h9-11,19-20,36-39,41-52H,12-18,21-35,72H2,1-8H3,(H2,73,106)(H,95,107)(H,96,109)(H,97,108)(H,98,114)(H,99,115)(H,100,116)(H,101,117)(H,102,110)(H,103,111)(H,104,112)(H,105,113)(H4,74,75,88)(H4,76,77,89)(H4,78,79,90)(H4,80,81,91)(H4,82,83,92)(H4,84,85,93)(H4,86,87,94)/t41-,42-,43-,44-,45-,46-,47-,48-,49-,50-,51-,52-/m0/s1. The average molecular weight is 1650 g/mol. The van der Waals surface area contributed by atoms with Gasteiger partial charge in [0.05, 0.1) is 6.04 Å². The van der Waals surface area contributed by atoms with Crippen LogP contribution in [0, 0.1) is 23.7 Å². The number of rotatable bonds is 57. The normalized spacial score (nSPS) is 14.1. The summed E-state index contributed by atoms with van der Waals surface area (Å²) in [5, 5.41) is 29.5. The van der Waals surface area contributed by atoms with Crippen LogP contribution in [0.25, 0.3) is 0 Å². The molecule has 0 spiro atoms. The van der Waals surface area contributed by atoms with E-state index >= 15 is 19.2 Å². The van der Waals surface area contributed by atoms with E-state index < -0.39 is 161 Å². The molecule has 0 unspecified atom stereocenters. The van der Waals surface area contributed by atoms with Crippen molar-refractivity contribution in [2.24, 2.45) is 150 Å². The number of carbonyl (C=O) groups excluding carboxylic acids is 12. The van der Waals surface area contributed by atoms with Crippen LogP contribution in [-0.4, -0.2) is 231 Å². The molecule has 117 heavy (non-hydrogen) atoms. The first kappa shape index (κ1) is 103. The molecule has 1 aromatic rings. The highest BCUT2D eigenvalue weighted by atomic mass is 16.2. The van der Waals surface area contributed by atoms with E-state index in [0.29, 0.717) is 5.56 Å². The molecule has 46 nitrogen and oxygen atoms in total. The van der Waals surface area contributed by atoms with Gasteiger partial charge in [-0.15, -0.1) is 0 Å². The molecule has 1 rings (SSSR count). The Bertz CT molecular complexity index is 3560. The maximum absolute atomic E-state index is 15.1. The summed E-state index contributed by atoms with van der Waals surface area (Å²) < 4.78 is 0. The predicted molar refractivity (Wildman–Crippen MR) is 447 cm³/mol. The van der Waals surface area contributed by atoms with Gasteiger partial charge in [-0.1, -0.05) is 85.7 Å². The lowest BCUT2D eigenvalue weighted by molar-refractivity contribution is -0.136. The van der Waals surface area contributed by atoms with Gasteiger partial charge in [0.1, 0.15) is 66.5 Å². The van der Waals surface area contributed by atoms with E-state index in [4.69, 9.17) is 91.7 Å². The predicted octanol–water partition coefficient (Wildman–Crippen LogP) is -9.63. The zero-order valence-electron chi connectivity index (χ0n) is 68.4. The highest BCUT2D eigenvalue weighted by Crippen LogP contribution is 2.15. The number of nitrogens with two attached hydrogens (primary N) is 16. The Morgan fingerprint density at radius 2 is 0.453 bits per heavy atom. The van der Waals surface area contributed by atoms with Gasteiger partial charge >= 0.3 is 0 Å². The zero-order valence-corrected chi connectivity index (χ0v) is 68.4. The smallest absolute Gasteiger partial charge is 0.243 e. The molecular formula is C71H132N34O12. The number of guanidine groups is 7. The van der Waals surface area contributed by atoms with Crippen LogP contribution in [0.3, 0.4) is 0 Å². The van der Waals surface area contributed by atoms with Gasteiger partial charge in [0.2, 0.25) is 70.9 Å². The first-order valence-corrected chi connectivity index (χ1v) is 38.8. The molecule has 0 fully saturated rings. The minimum absolute atomic E-state index is 0.00643. The molecule has 0 aliphatic heterocycles. The van der Waals surface area contributed by atoms with E-state index in [2.05, 4.69) is 93.4 Å². The Morgan fingerprint density at radius 1 is 0.256 bits per heavy atom. The second-order valence-electron chi connectivity index (χ2n) is 29.2. The topological polar surface area (TPSA) is 840 Å². The number of amides is 12. The third-order valence-corrected chi connectivity index (χ3v) is 17.7.